The van der Waals surface area contributed by atoms with Gasteiger partial charge in [0, 0.05) is 19.6 Å². The maximum Gasteiger partial charge on any atom is 0.407 e. The lowest BCUT2D eigenvalue weighted by atomic mass is 10.3. The molecule has 0 heterocycles. The molecule has 0 saturated carbocycles. The van der Waals surface area contributed by atoms with Gasteiger partial charge in [0.25, 0.3) is 0 Å². The maximum atomic E-state index is 11.5. The Labute approximate surface area is 196 Å². The summed E-state index contributed by atoms with van der Waals surface area (Å²) >= 11 is 0. The minimum Gasteiger partial charge on any atom is -0.444 e. The van der Waals surface area contributed by atoms with E-state index in [2.05, 4.69) is 16.0 Å². The zero-order valence-corrected chi connectivity index (χ0v) is 20.6. The summed E-state index contributed by atoms with van der Waals surface area (Å²) in [7, 11) is 0. The van der Waals surface area contributed by atoms with Gasteiger partial charge in [-0.15, -0.1) is 0 Å². The van der Waals surface area contributed by atoms with E-state index in [1.165, 1.54) is 0 Å². The molecule has 3 amide bonds. The summed E-state index contributed by atoms with van der Waals surface area (Å²) in [4.78, 5) is 34.5. The van der Waals surface area contributed by atoms with Crippen molar-refractivity contribution in [2.24, 2.45) is 0 Å². The van der Waals surface area contributed by atoms with Crippen molar-refractivity contribution in [2.75, 3.05) is 52.7 Å². The Balaban J connectivity index is 4.54. The van der Waals surface area contributed by atoms with Gasteiger partial charge >= 0.3 is 18.3 Å². The molecule has 0 saturated heterocycles. The van der Waals surface area contributed by atoms with Gasteiger partial charge in [-0.1, -0.05) is 0 Å². The third-order valence-corrected chi connectivity index (χ3v) is 3.77. The number of ether oxygens (including phenoxy) is 6. The number of hydrogen-bond acceptors (Lipinski definition) is 9. The fourth-order valence-corrected chi connectivity index (χ4v) is 2.36. The van der Waals surface area contributed by atoms with Gasteiger partial charge in [0.2, 0.25) is 0 Å². The normalized spacial score (nSPS) is 14.4. The van der Waals surface area contributed by atoms with E-state index in [1.807, 2.05) is 0 Å². The van der Waals surface area contributed by atoms with Crippen molar-refractivity contribution in [3.05, 3.63) is 0 Å². The first kappa shape index (κ1) is 30.7. The highest BCUT2D eigenvalue weighted by Crippen LogP contribution is 2.03. The molecule has 33 heavy (non-hydrogen) atoms. The third-order valence-electron chi connectivity index (χ3n) is 3.77. The topological polar surface area (TPSA) is 143 Å². The van der Waals surface area contributed by atoms with Gasteiger partial charge in [-0.2, -0.15) is 0 Å². The van der Waals surface area contributed by atoms with E-state index in [4.69, 9.17) is 28.4 Å². The maximum absolute atomic E-state index is 11.5. The van der Waals surface area contributed by atoms with Crippen molar-refractivity contribution in [3.63, 3.8) is 0 Å². The fraction of sp³-hybridized carbons (Fsp3) is 0.857. The molecule has 3 N–H and O–H groups in total. The van der Waals surface area contributed by atoms with E-state index in [0.29, 0.717) is 19.6 Å². The average Bonchev–Trinajstić information content (AvgIpc) is 2.71. The Morgan fingerprint density at radius 3 is 1.24 bits per heavy atom. The van der Waals surface area contributed by atoms with Crippen LogP contribution in [-0.4, -0.2) is 95.4 Å². The number of rotatable bonds is 17. The second-order valence-electron chi connectivity index (χ2n) is 7.27. The Bertz CT molecular complexity index is 519. The lowest BCUT2D eigenvalue weighted by Gasteiger charge is -2.22. The van der Waals surface area contributed by atoms with E-state index in [-0.39, 0.29) is 33.0 Å². The van der Waals surface area contributed by atoms with Gasteiger partial charge in [-0.3, -0.25) is 0 Å². The highest BCUT2D eigenvalue weighted by molar-refractivity contribution is 5.67. The van der Waals surface area contributed by atoms with Crippen LogP contribution < -0.4 is 16.0 Å². The molecule has 0 fully saturated rings. The van der Waals surface area contributed by atoms with Crippen LogP contribution >= 0.6 is 0 Å². The highest BCUT2D eigenvalue weighted by Gasteiger charge is 2.17. The predicted octanol–water partition coefficient (Wildman–Crippen LogP) is 1.81. The summed E-state index contributed by atoms with van der Waals surface area (Å²) < 4.78 is 32.5. The van der Waals surface area contributed by atoms with Gasteiger partial charge in [-0.05, 0) is 41.5 Å². The number of carbonyl (C=O) groups is 3. The van der Waals surface area contributed by atoms with Crippen LogP contribution in [0.3, 0.4) is 0 Å². The molecule has 3 unspecified atom stereocenters. The molecule has 0 aromatic heterocycles. The minimum absolute atomic E-state index is 0.129. The van der Waals surface area contributed by atoms with Crippen LogP contribution in [0, 0.1) is 0 Å². The predicted molar refractivity (Wildman–Crippen MR) is 120 cm³/mol. The van der Waals surface area contributed by atoms with Crippen LogP contribution in [-0.2, 0) is 28.4 Å². The summed E-state index contributed by atoms with van der Waals surface area (Å²) in [5.74, 6) is 0. The van der Waals surface area contributed by atoms with Gasteiger partial charge < -0.3 is 44.4 Å². The van der Waals surface area contributed by atoms with Crippen LogP contribution in [0.5, 0.6) is 0 Å². The van der Waals surface area contributed by atoms with Crippen LogP contribution in [0.25, 0.3) is 0 Å². The molecule has 194 valence electrons. The van der Waals surface area contributed by atoms with E-state index in [1.54, 1.807) is 41.5 Å². The van der Waals surface area contributed by atoms with Crippen LogP contribution in [0.15, 0.2) is 0 Å². The SMILES string of the molecule is CCNC(=O)OC(C)COCC(COCC(C)OC(=O)NCC)OCC(C)OC(=O)NCC. The second-order valence-corrected chi connectivity index (χ2v) is 7.27. The number of amides is 3. The lowest BCUT2D eigenvalue weighted by Crippen LogP contribution is -2.35. The average molecular weight is 480 g/mol. The third kappa shape index (κ3) is 17.9. The summed E-state index contributed by atoms with van der Waals surface area (Å²) in [5.41, 5.74) is 0. The second kappa shape index (κ2) is 19.2. The largest absolute Gasteiger partial charge is 0.444 e. The quantitative estimate of drug-likeness (QED) is 0.266. The first-order valence-corrected chi connectivity index (χ1v) is 11.3. The van der Waals surface area contributed by atoms with Crippen molar-refractivity contribution < 1.29 is 42.8 Å². The zero-order chi connectivity index (χ0) is 25.1. The van der Waals surface area contributed by atoms with Crippen molar-refractivity contribution in [3.8, 4) is 0 Å². The number of nitrogens with one attached hydrogen (secondary N) is 3. The fourth-order valence-electron chi connectivity index (χ4n) is 2.36. The molecule has 0 bridgehead atoms. The van der Waals surface area contributed by atoms with Crippen LogP contribution in [0.1, 0.15) is 41.5 Å². The molecule has 0 aliphatic carbocycles. The molecule has 12 nitrogen and oxygen atoms in total. The van der Waals surface area contributed by atoms with Crippen molar-refractivity contribution in [1.29, 1.82) is 0 Å². The molecule has 0 aliphatic heterocycles. The molecule has 0 rings (SSSR count). The smallest absolute Gasteiger partial charge is 0.407 e. The molecule has 0 aliphatic rings. The Morgan fingerprint density at radius 2 is 0.909 bits per heavy atom. The van der Waals surface area contributed by atoms with E-state index >= 15 is 0 Å². The molecule has 12 heteroatoms. The van der Waals surface area contributed by atoms with E-state index < -0.39 is 42.7 Å². The summed E-state index contributed by atoms with van der Waals surface area (Å²) in [6.45, 7) is 12.7. The van der Waals surface area contributed by atoms with Crippen LogP contribution in [0.4, 0.5) is 14.4 Å². The van der Waals surface area contributed by atoms with Gasteiger partial charge in [0.05, 0.1) is 33.0 Å². The highest BCUT2D eigenvalue weighted by atomic mass is 16.6. The lowest BCUT2D eigenvalue weighted by molar-refractivity contribution is -0.0943. The van der Waals surface area contributed by atoms with Crippen molar-refractivity contribution in [1.82, 2.24) is 16.0 Å². The Morgan fingerprint density at radius 1 is 0.576 bits per heavy atom. The Hall–Kier alpha value is -2.31. The molecule has 0 aromatic rings. The number of hydrogen-bond donors (Lipinski definition) is 3. The monoisotopic (exact) mass is 479 g/mol. The van der Waals surface area contributed by atoms with E-state index in [9.17, 15) is 14.4 Å². The van der Waals surface area contributed by atoms with E-state index in [0.717, 1.165) is 0 Å². The minimum atomic E-state index is -0.523. The number of alkyl carbamates (subject to hydrolysis) is 3. The molecular formula is C21H41N3O9. The molecular weight excluding hydrogens is 438 g/mol. The summed E-state index contributed by atoms with van der Waals surface area (Å²) in [5, 5.41) is 7.64. The molecule has 3 atom stereocenters. The van der Waals surface area contributed by atoms with Crippen molar-refractivity contribution in [2.45, 2.75) is 66.0 Å². The first-order chi connectivity index (χ1) is 15.7. The first-order valence-electron chi connectivity index (χ1n) is 11.3. The Kier molecular flexibility index (Phi) is 17.8. The molecule has 0 aromatic carbocycles. The summed E-state index contributed by atoms with van der Waals surface area (Å²) in [6.07, 6.45) is -3.43. The van der Waals surface area contributed by atoms with Crippen molar-refractivity contribution >= 4 is 18.3 Å². The van der Waals surface area contributed by atoms with Gasteiger partial charge in [-0.25, -0.2) is 14.4 Å². The number of carbonyl (C=O) groups excluding carboxylic acids is 3. The van der Waals surface area contributed by atoms with Gasteiger partial charge in [0.1, 0.15) is 24.4 Å². The van der Waals surface area contributed by atoms with Gasteiger partial charge in [0.15, 0.2) is 0 Å². The molecule has 0 radical (unpaired) electrons. The summed E-state index contributed by atoms with van der Waals surface area (Å²) in [6, 6.07) is 0. The van der Waals surface area contributed by atoms with Crippen LogP contribution in [0.2, 0.25) is 0 Å². The standard InChI is InChI=1S/C21H41N3O9/c1-7-22-19(25)31-15(4)10-28-13-18(30-12-17(6)33-21(27)24-9-3)14-29-11-16(5)32-20(26)23-8-2/h15-18H,7-14H2,1-6H3,(H,22,25)(H,23,26)(H,24,27). The zero-order valence-electron chi connectivity index (χ0n) is 20.6. The molecule has 0 spiro atoms.